The van der Waals surface area contributed by atoms with Gasteiger partial charge in [0.05, 0.1) is 20.3 Å². The van der Waals surface area contributed by atoms with Crippen LogP contribution in [-0.4, -0.2) is 20.3 Å². The van der Waals surface area contributed by atoms with Crippen molar-refractivity contribution in [2.24, 2.45) is 0 Å². The van der Waals surface area contributed by atoms with Crippen LogP contribution in [0.4, 0.5) is 5.69 Å². The Balaban J connectivity index is 1.70. The Hall–Kier alpha value is -2.00. The number of ether oxygens (including phenoxy) is 2. The smallest absolute Gasteiger partial charge is 0.119 e. The van der Waals surface area contributed by atoms with E-state index in [1.807, 2.05) is 36.4 Å². The third-order valence-electron chi connectivity index (χ3n) is 3.11. The molecule has 0 amide bonds. The van der Waals surface area contributed by atoms with Crippen LogP contribution >= 0.6 is 0 Å². The van der Waals surface area contributed by atoms with Gasteiger partial charge in [0.1, 0.15) is 5.75 Å². The van der Waals surface area contributed by atoms with Crippen LogP contribution in [0.2, 0.25) is 0 Å². The highest BCUT2D eigenvalue weighted by Gasteiger charge is 1.97. The quantitative estimate of drug-likeness (QED) is 0.780. The van der Waals surface area contributed by atoms with E-state index in [4.69, 9.17) is 9.47 Å². The van der Waals surface area contributed by atoms with Crippen molar-refractivity contribution in [1.82, 2.24) is 0 Å². The lowest BCUT2D eigenvalue weighted by molar-refractivity contribution is 0.130. The van der Waals surface area contributed by atoms with Gasteiger partial charge in [-0.15, -0.1) is 0 Å². The maximum atomic E-state index is 5.66. The van der Waals surface area contributed by atoms with E-state index in [1.54, 1.807) is 7.11 Å². The van der Waals surface area contributed by atoms with Crippen LogP contribution in [0.25, 0.3) is 0 Å². The molecule has 1 N–H and O–H groups in total. The number of nitrogens with one attached hydrogen (secondary N) is 1. The predicted octanol–water partition coefficient (Wildman–Crippen LogP) is 3.63. The molecule has 0 aliphatic carbocycles. The Morgan fingerprint density at radius 2 is 1.90 bits per heavy atom. The van der Waals surface area contributed by atoms with Crippen molar-refractivity contribution in [3.63, 3.8) is 0 Å². The molecule has 0 atom stereocenters. The third-order valence-corrected chi connectivity index (χ3v) is 3.11. The van der Waals surface area contributed by atoms with Crippen molar-refractivity contribution in [1.29, 1.82) is 0 Å². The number of para-hydroxylation sites is 1. The minimum Gasteiger partial charge on any atom is -0.497 e. The van der Waals surface area contributed by atoms with Gasteiger partial charge in [0.15, 0.2) is 0 Å². The monoisotopic (exact) mass is 271 g/mol. The van der Waals surface area contributed by atoms with Crippen molar-refractivity contribution in [3.8, 4) is 5.75 Å². The van der Waals surface area contributed by atoms with Crippen molar-refractivity contribution in [2.75, 3.05) is 25.6 Å². The molecule has 0 bridgehead atoms. The molecule has 0 radical (unpaired) electrons. The summed E-state index contributed by atoms with van der Waals surface area (Å²) in [7, 11) is 1.67. The molecule has 2 rings (SSSR count). The molecule has 2 aromatic carbocycles. The molecule has 0 aliphatic rings. The first-order chi connectivity index (χ1) is 9.79. The van der Waals surface area contributed by atoms with Crippen LogP contribution in [-0.2, 0) is 11.3 Å². The van der Waals surface area contributed by atoms with E-state index in [0.717, 1.165) is 23.5 Å². The number of aryl methyl sites for hydroxylation is 1. The largest absolute Gasteiger partial charge is 0.497 e. The second kappa shape index (κ2) is 7.56. The number of rotatable bonds is 7. The van der Waals surface area contributed by atoms with Gasteiger partial charge in [-0.05, 0) is 36.2 Å². The van der Waals surface area contributed by atoms with Crippen LogP contribution in [0.1, 0.15) is 11.1 Å². The molecule has 0 saturated carbocycles. The normalized spacial score (nSPS) is 10.3. The summed E-state index contributed by atoms with van der Waals surface area (Å²) in [6.45, 7) is 4.17. The maximum Gasteiger partial charge on any atom is 0.119 e. The second-order valence-electron chi connectivity index (χ2n) is 4.65. The first-order valence-electron chi connectivity index (χ1n) is 6.80. The molecule has 0 fully saturated rings. The molecular formula is C17H21NO2. The fourth-order valence-corrected chi connectivity index (χ4v) is 1.98. The van der Waals surface area contributed by atoms with Crippen molar-refractivity contribution >= 4 is 5.69 Å². The molecule has 0 spiro atoms. The molecule has 0 unspecified atom stereocenters. The molecule has 106 valence electrons. The minimum absolute atomic E-state index is 0.604. The fourth-order valence-electron chi connectivity index (χ4n) is 1.98. The van der Waals surface area contributed by atoms with Gasteiger partial charge in [0, 0.05) is 12.2 Å². The Bertz CT molecular complexity index is 540. The molecule has 20 heavy (non-hydrogen) atoms. The molecule has 0 aliphatic heterocycles. The van der Waals surface area contributed by atoms with Crippen molar-refractivity contribution in [3.05, 3.63) is 59.7 Å². The van der Waals surface area contributed by atoms with Gasteiger partial charge < -0.3 is 14.8 Å². The summed E-state index contributed by atoms with van der Waals surface area (Å²) in [6, 6.07) is 16.2. The Morgan fingerprint density at radius 3 is 2.70 bits per heavy atom. The first-order valence-corrected chi connectivity index (χ1v) is 6.80. The zero-order valence-corrected chi connectivity index (χ0v) is 12.1. The number of hydrogen-bond donors (Lipinski definition) is 1. The number of anilines is 1. The molecule has 0 aromatic heterocycles. The molecule has 0 heterocycles. The molecular weight excluding hydrogens is 250 g/mol. The highest BCUT2D eigenvalue weighted by atomic mass is 16.5. The van der Waals surface area contributed by atoms with Gasteiger partial charge in [-0.2, -0.15) is 0 Å². The van der Waals surface area contributed by atoms with Crippen molar-refractivity contribution < 1.29 is 9.47 Å². The van der Waals surface area contributed by atoms with E-state index in [0.29, 0.717) is 13.2 Å². The van der Waals surface area contributed by atoms with Gasteiger partial charge in [-0.1, -0.05) is 30.3 Å². The second-order valence-corrected chi connectivity index (χ2v) is 4.65. The summed E-state index contributed by atoms with van der Waals surface area (Å²) < 4.78 is 10.8. The maximum absolute atomic E-state index is 5.66. The standard InChI is InChI=1S/C17H21NO2/c1-14-6-3-4-9-17(14)18-10-11-20-13-15-7-5-8-16(12-15)19-2/h3-9,12,18H,10-11,13H2,1-2H3. The predicted molar refractivity (Wildman–Crippen MR) is 82.3 cm³/mol. The lowest BCUT2D eigenvalue weighted by Gasteiger charge is -2.10. The zero-order valence-electron chi connectivity index (χ0n) is 12.1. The van der Waals surface area contributed by atoms with Crippen LogP contribution in [0.3, 0.4) is 0 Å². The topological polar surface area (TPSA) is 30.5 Å². The van der Waals surface area contributed by atoms with Gasteiger partial charge >= 0.3 is 0 Å². The van der Waals surface area contributed by atoms with E-state index in [-0.39, 0.29) is 0 Å². The molecule has 2 aromatic rings. The van der Waals surface area contributed by atoms with Gasteiger partial charge in [-0.25, -0.2) is 0 Å². The van der Waals surface area contributed by atoms with E-state index >= 15 is 0 Å². The lowest BCUT2D eigenvalue weighted by Crippen LogP contribution is -2.10. The van der Waals surface area contributed by atoms with Crippen LogP contribution in [0.5, 0.6) is 5.75 Å². The van der Waals surface area contributed by atoms with Gasteiger partial charge in [0.2, 0.25) is 0 Å². The fraction of sp³-hybridized carbons (Fsp3) is 0.294. The Kier molecular flexibility index (Phi) is 5.44. The summed E-state index contributed by atoms with van der Waals surface area (Å²) in [5, 5.41) is 3.37. The van der Waals surface area contributed by atoms with Crippen LogP contribution in [0, 0.1) is 6.92 Å². The summed E-state index contributed by atoms with van der Waals surface area (Å²) in [5.41, 5.74) is 3.54. The average Bonchev–Trinajstić information content (AvgIpc) is 2.49. The van der Waals surface area contributed by atoms with Gasteiger partial charge in [0.25, 0.3) is 0 Å². The number of methoxy groups -OCH3 is 1. The number of hydrogen-bond acceptors (Lipinski definition) is 3. The SMILES string of the molecule is COc1cccc(COCCNc2ccccc2C)c1. The average molecular weight is 271 g/mol. The van der Waals surface area contributed by atoms with Crippen LogP contribution < -0.4 is 10.1 Å². The summed E-state index contributed by atoms with van der Waals surface area (Å²) in [5.74, 6) is 0.865. The van der Waals surface area contributed by atoms with Crippen LogP contribution in [0.15, 0.2) is 48.5 Å². The summed E-state index contributed by atoms with van der Waals surface area (Å²) in [4.78, 5) is 0. The molecule has 0 saturated heterocycles. The summed E-state index contributed by atoms with van der Waals surface area (Å²) >= 11 is 0. The minimum atomic E-state index is 0.604. The van der Waals surface area contributed by atoms with Gasteiger partial charge in [-0.3, -0.25) is 0 Å². The highest BCUT2D eigenvalue weighted by molar-refractivity contribution is 5.50. The van der Waals surface area contributed by atoms with E-state index < -0.39 is 0 Å². The van der Waals surface area contributed by atoms with E-state index in [9.17, 15) is 0 Å². The lowest BCUT2D eigenvalue weighted by atomic mass is 10.2. The first kappa shape index (κ1) is 14.4. The Labute approximate surface area is 120 Å². The number of benzene rings is 2. The highest BCUT2D eigenvalue weighted by Crippen LogP contribution is 2.14. The van der Waals surface area contributed by atoms with Crippen molar-refractivity contribution in [2.45, 2.75) is 13.5 Å². The van der Waals surface area contributed by atoms with E-state index in [1.165, 1.54) is 5.56 Å². The zero-order chi connectivity index (χ0) is 14.2. The molecule has 3 nitrogen and oxygen atoms in total. The third kappa shape index (κ3) is 4.28. The van der Waals surface area contributed by atoms with E-state index in [2.05, 4.69) is 24.4 Å². The Morgan fingerprint density at radius 1 is 1.05 bits per heavy atom. The summed E-state index contributed by atoms with van der Waals surface area (Å²) in [6.07, 6.45) is 0. The molecule has 3 heteroatoms.